The van der Waals surface area contributed by atoms with E-state index in [1.165, 1.54) is 30.5 Å². The van der Waals surface area contributed by atoms with Gasteiger partial charge in [0.2, 0.25) is 5.95 Å². The molecule has 0 atom stereocenters. The highest BCUT2D eigenvalue weighted by molar-refractivity contribution is 5.55. The fourth-order valence-corrected chi connectivity index (χ4v) is 3.32. The van der Waals surface area contributed by atoms with Crippen LogP contribution in [0, 0.1) is 0 Å². The number of hydrogen-bond donors (Lipinski definition) is 1. The van der Waals surface area contributed by atoms with E-state index in [1.54, 1.807) is 4.68 Å². The minimum absolute atomic E-state index is 0.652. The summed E-state index contributed by atoms with van der Waals surface area (Å²) in [6.45, 7) is 2.97. The predicted molar refractivity (Wildman–Crippen MR) is 99.0 cm³/mol. The van der Waals surface area contributed by atoms with Crippen molar-refractivity contribution in [2.45, 2.75) is 25.8 Å². The Bertz CT molecular complexity index is 808. The number of para-hydroxylation sites is 2. The van der Waals surface area contributed by atoms with Crippen molar-refractivity contribution in [3.05, 3.63) is 60.2 Å². The molecule has 6 nitrogen and oxygen atoms in total. The number of nitrogens with zero attached hydrogens (tertiary/aromatic N) is 5. The third-order valence-corrected chi connectivity index (χ3v) is 4.60. The molecule has 1 N–H and O–H groups in total. The average molecular weight is 334 g/mol. The molecule has 4 rings (SSSR count). The van der Waals surface area contributed by atoms with Gasteiger partial charge in [0.05, 0.1) is 5.69 Å². The van der Waals surface area contributed by atoms with Gasteiger partial charge in [0.25, 0.3) is 0 Å². The maximum Gasteiger partial charge on any atom is 0.248 e. The molecule has 3 aromatic rings. The summed E-state index contributed by atoms with van der Waals surface area (Å²) in [5, 5.41) is 15.4. The maximum atomic E-state index is 4.13. The first kappa shape index (κ1) is 15.6. The highest BCUT2D eigenvalue weighted by atomic mass is 15.6. The number of tetrazole rings is 1. The molecule has 0 aliphatic carbocycles. The van der Waals surface area contributed by atoms with E-state index in [0.29, 0.717) is 12.5 Å². The van der Waals surface area contributed by atoms with Crippen LogP contribution in [0.5, 0.6) is 0 Å². The maximum absolute atomic E-state index is 4.13. The van der Waals surface area contributed by atoms with E-state index < -0.39 is 0 Å². The molecular weight excluding hydrogens is 312 g/mol. The van der Waals surface area contributed by atoms with Crippen LogP contribution in [0.1, 0.15) is 24.8 Å². The van der Waals surface area contributed by atoms with Gasteiger partial charge in [-0.2, -0.15) is 4.68 Å². The van der Waals surface area contributed by atoms with Gasteiger partial charge in [0.1, 0.15) is 0 Å². The topological polar surface area (TPSA) is 58.9 Å². The number of rotatable bonds is 5. The number of benzene rings is 2. The zero-order valence-electron chi connectivity index (χ0n) is 14.2. The molecule has 1 aliphatic heterocycles. The molecule has 1 fully saturated rings. The van der Waals surface area contributed by atoms with Crippen LogP contribution in [0.2, 0.25) is 0 Å². The Morgan fingerprint density at radius 3 is 2.48 bits per heavy atom. The van der Waals surface area contributed by atoms with Crippen molar-refractivity contribution in [2.75, 3.05) is 23.3 Å². The molecule has 0 radical (unpaired) electrons. The van der Waals surface area contributed by atoms with Gasteiger partial charge in [-0.15, -0.1) is 0 Å². The summed E-state index contributed by atoms with van der Waals surface area (Å²) < 4.78 is 1.73. The lowest BCUT2D eigenvalue weighted by Gasteiger charge is -2.30. The second kappa shape index (κ2) is 7.34. The Kier molecular flexibility index (Phi) is 4.59. The van der Waals surface area contributed by atoms with Crippen LogP contribution in [0.4, 0.5) is 11.6 Å². The summed E-state index contributed by atoms with van der Waals surface area (Å²) in [4.78, 5) is 2.49. The summed E-state index contributed by atoms with van der Waals surface area (Å²) in [6, 6.07) is 18.5. The molecule has 0 bridgehead atoms. The van der Waals surface area contributed by atoms with Crippen LogP contribution in [0.3, 0.4) is 0 Å². The Labute approximate surface area is 147 Å². The smallest absolute Gasteiger partial charge is 0.248 e. The first-order valence-electron chi connectivity index (χ1n) is 8.82. The first-order valence-corrected chi connectivity index (χ1v) is 8.82. The quantitative estimate of drug-likeness (QED) is 0.776. The Morgan fingerprint density at radius 1 is 0.880 bits per heavy atom. The van der Waals surface area contributed by atoms with Crippen molar-refractivity contribution < 1.29 is 0 Å². The van der Waals surface area contributed by atoms with Crippen LogP contribution < -0.4 is 10.2 Å². The van der Waals surface area contributed by atoms with Crippen LogP contribution >= 0.6 is 0 Å². The van der Waals surface area contributed by atoms with Gasteiger partial charge in [-0.25, -0.2) is 0 Å². The minimum atomic E-state index is 0.652. The second-order valence-electron chi connectivity index (χ2n) is 6.28. The second-order valence-corrected chi connectivity index (χ2v) is 6.28. The molecule has 1 saturated heterocycles. The van der Waals surface area contributed by atoms with E-state index in [9.17, 15) is 0 Å². The predicted octanol–water partition coefficient (Wildman–Crippen LogP) is 3.26. The molecule has 1 aliphatic rings. The third kappa shape index (κ3) is 3.47. The van der Waals surface area contributed by atoms with E-state index in [2.05, 4.69) is 50.0 Å². The fourth-order valence-electron chi connectivity index (χ4n) is 3.32. The third-order valence-electron chi connectivity index (χ3n) is 4.60. The van der Waals surface area contributed by atoms with Crippen LogP contribution in [0.15, 0.2) is 54.6 Å². The highest BCUT2D eigenvalue weighted by Gasteiger charge is 2.15. The average Bonchev–Trinajstić information content (AvgIpc) is 3.17. The van der Waals surface area contributed by atoms with Gasteiger partial charge in [0, 0.05) is 25.3 Å². The van der Waals surface area contributed by atoms with Gasteiger partial charge in [-0.05, 0) is 53.5 Å². The number of aromatic nitrogens is 4. The molecule has 0 saturated carbocycles. The summed E-state index contributed by atoms with van der Waals surface area (Å²) in [7, 11) is 0. The Morgan fingerprint density at radius 2 is 1.64 bits per heavy atom. The minimum Gasteiger partial charge on any atom is -0.371 e. The zero-order valence-corrected chi connectivity index (χ0v) is 14.2. The largest absolute Gasteiger partial charge is 0.371 e. The molecule has 1 aromatic heterocycles. The lowest BCUT2D eigenvalue weighted by Crippen LogP contribution is -2.30. The number of anilines is 2. The molecule has 6 heteroatoms. The number of hydrogen-bond acceptors (Lipinski definition) is 5. The van der Waals surface area contributed by atoms with Crippen molar-refractivity contribution in [3.8, 4) is 5.69 Å². The van der Waals surface area contributed by atoms with E-state index in [4.69, 9.17) is 0 Å². The summed E-state index contributed by atoms with van der Waals surface area (Å²) in [5.41, 5.74) is 3.53. The van der Waals surface area contributed by atoms with Crippen molar-refractivity contribution in [3.63, 3.8) is 0 Å². The number of nitrogens with one attached hydrogen (secondary N) is 1. The summed E-state index contributed by atoms with van der Waals surface area (Å²) in [6.07, 6.45) is 3.88. The standard InChI is InChI=1S/C19H22N6/c1-3-10-17(11-4-1)25-19(21-22-23-25)20-15-16-9-5-6-12-18(16)24-13-7-2-8-14-24/h1,3-6,9-12H,2,7-8,13-15H2,(H,20,21,23). The van der Waals surface area contributed by atoms with Crippen molar-refractivity contribution >= 4 is 11.6 Å². The number of piperidine rings is 1. The summed E-state index contributed by atoms with van der Waals surface area (Å²) in [5.74, 6) is 0.652. The van der Waals surface area contributed by atoms with Crippen molar-refractivity contribution in [1.82, 2.24) is 20.2 Å². The van der Waals surface area contributed by atoms with Crippen molar-refractivity contribution in [2.24, 2.45) is 0 Å². The van der Waals surface area contributed by atoms with E-state index in [1.807, 2.05) is 30.3 Å². The van der Waals surface area contributed by atoms with E-state index in [0.717, 1.165) is 18.8 Å². The first-order chi connectivity index (χ1) is 12.4. The summed E-state index contributed by atoms with van der Waals surface area (Å²) >= 11 is 0. The molecule has 0 unspecified atom stereocenters. The molecule has 0 spiro atoms. The van der Waals surface area contributed by atoms with Crippen LogP contribution in [-0.2, 0) is 6.54 Å². The van der Waals surface area contributed by atoms with Crippen LogP contribution in [-0.4, -0.2) is 33.3 Å². The van der Waals surface area contributed by atoms with Gasteiger partial charge < -0.3 is 10.2 Å². The Balaban J connectivity index is 1.52. The van der Waals surface area contributed by atoms with Crippen LogP contribution in [0.25, 0.3) is 5.69 Å². The van der Waals surface area contributed by atoms with Gasteiger partial charge in [-0.3, -0.25) is 0 Å². The SMILES string of the molecule is c1ccc(-n2nnnc2NCc2ccccc2N2CCCCC2)cc1. The molecule has 25 heavy (non-hydrogen) atoms. The van der Waals surface area contributed by atoms with E-state index >= 15 is 0 Å². The molecule has 0 amide bonds. The molecule has 128 valence electrons. The fraction of sp³-hybridized carbons (Fsp3) is 0.316. The van der Waals surface area contributed by atoms with Gasteiger partial charge >= 0.3 is 0 Å². The zero-order chi connectivity index (χ0) is 16.9. The van der Waals surface area contributed by atoms with Crippen molar-refractivity contribution in [1.29, 1.82) is 0 Å². The monoisotopic (exact) mass is 334 g/mol. The molecule has 2 heterocycles. The van der Waals surface area contributed by atoms with Gasteiger partial charge in [0.15, 0.2) is 0 Å². The lowest BCUT2D eigenvalue weighted by atomic mass is 10.1. The molecule has 2 aromatic carbocycles. The Hall–Kier alpha value is -2.89. The lowest BCUT2D eigenvalue weighted by molar-refractivity contribution is 0.576. The highest BCUT2D eigenvalue weighted by Crippen LogP contribution is 2.25. The van der Waals surface area contributed by atoms with Gasteiger partial charge in [-0.1, -0.05) is 41.5 Å². The normalized spacial score (nSPS) is 14.5. The van der Waals surface area contributed by atoms with E-state index in [-0.39, 0.29) is 0 Å². The molecular formula is C19H22N6.